The number of rotatable bonds is 3. The van der Waals surface area contributed by atoms with Gasteiger partial charge < -0.3 is 10.3 Å². The molecule has 5 rings (SSSR count). The van der Waals surface area contributed by atoms with Crippen molar-refractivity contribution >= 4 is 17.0 Å². The predicted octanol–water partition coefficient (Wildman–Crippen LogP) is 4.90. The summed E-state index contributed by atoms with van der Waals surface area (Å²) >= 11 is 0. The van der Waals surface area contributed by atoms with Crippen LogP contribution in [-0.2, 0) is 0 Å². The summed E-state index contributed by atoms with van der Waals surface area (Å²) in [7, 11) is 0. The Morgan fingerprint density at radius 3 is 2.07 bits per heavy atom. The van der Waals surface area contributed by atoms with Crippen molar-refractivity contribution in [1.29, 1.82) is 0 Å². The van der Waals surface area contributed by atoms with Gasteiger partial charge in [-0.3, -0.25) is 0 Å². The van der Waals surface area contributed by atoms with E-state index in [0.717, 1.165) is 28.1 Å². The summed E-state index contributed by atoms with van der Waals surface area (Å²) in [5.41, 5.74) is 12.3. The Hall–Kier alpha value is -4.06. The molecule has 0 atom stereocenters. The Kier molecular flexibility index (Phi) is 4.02. The molecule has 0 spiro atoms. The van der Waals surface area contributed by atoms with Crippen molar-refractivity contribution in [2.45, 2.75) is 6.92 Å². The molecule has 0 saturated carbocycles. The molecule has 5 aromatic rings. The molecule has 0 saturated heterocycles. The molecule has 3 aromatic heterocycles. The normalized spacial score (nSPS) is 11.1. The van der Waals surface area contributed by atoms with Crippen LogP contribution in [0.15, 0.2) is 77.3 Å². The highest BCUT2D eigenvalue weighted by Crippen LogP contribution is 2.35. The first-order chi connectivity index (χ1) is 14.2. The summed E-state index contributed by atoms with van der Waals surface area (Å²) in [6.07, 6.45) is 0. The predicted molar refractivity (Wildman–Crippen MR) is 113 cm³/mol. The quantitative estimate of drug-likeness (QED) is 0.479. The molecular weight excluding hydrogens is 362 g/mol. The fourth-order valence-electron chi connectivity index (χ4n) is 3.44. The molecule has 0 fully saturated rings. The van der Waals surface area contributed by atoms with Crippen LogP contribution >= 0.6 is 0 Å². The van der Waals surface area contributed by atoms with E-state index >= 15 is 0 Å². The van der Waals surface area contributed by atoms with E-state index in [2.05, 4.69) is 15.1 Å². The number of benzene rings is 2. The van der Waals surface area contributed by atoms with Crippen molar-refractivity contribution in [1.82, 2.24) is 20.1 Å². The van der Waals surface area contributed by atoms with Crippen LogP contribution < -0.4 is 5.73 Å². The molecule has 6 nitrogen and oxygen atoms in total. The smallest absolute Gasteiger partial charge is 0.221 e. The highest BCUT2D eigenvalue weighted by molar-refractivity contribution is 5.92. The summed E-state index contributed by atoms with van der Waals surface area (Å²) in [4.78, 5) is 13.7. The van der Waals surface area contributed by atoms with Gasteiger partial charge in [0.2, 0.25) is 5.95 Å². The molecule has 6 heteroatoms. The number of hydrogen-bond acceptors (Lipinski definition) is 6. The zero-order valence-electron chi connectivity index (χ0n) is 15.7. The lowest BCUT2D eigenvalue weighted by molar-refractivity contribution is 0.400. The van der Waals surface area contributed by atoms with Gasteiger partial charge in [-0.25, -0.2) is 15.0 Å². The van der Waals surface area contributed by atoms with Crippen LogP contribution in [-0.4, -0.2) is 20.1 Å². The Balaban J connectivity index is 1.75. The first-order valence-electron chi connectivity index (χ1n) is 9.22. The van der Waals surface area contributed by atoms with Crippen LogP contribution in [0.3, 0.4) is 0 Å². The van der Waals surface area contributed by atoms with Gasteiger partial charge in [-0.1, -0.05) is 65.8 Å². The first-order valence-corrected chi connectivity index (χ1v) is 9.22. The molecule has 0 amide bonds. The van der Waals surface area contributed by atoms with Gasteiger partial charge in [-0.2, -0.15) is 0 Å². The molecule has 0 aliphatic heterocycles. The number of fused-ring (bicyclic) bond motifs is 1. The molecular formula is C23H17N5O. The molecule has 29 heavy (non-hydrogen) atoms. The number of aryl methyl sites for hydroxylation is 1. The van der Waals surface area contributed by atoms with Gasteiger partial charge in [0.05, 0.1) is 16.8 Å². The second kappa shape index (κ2) is 6.83. The molecule has 140 valence electrons. The summed E-state index contributed by atoms with van der Waals surface area (Å²) in [5, 5.41) is 4.27. The van der Waals surface area contributed by atoms with E-state index < -0.39 is 0 Å². The summed E-state index contributed by atoms with van der Waals surface area (Å²) < 4.78 is 5.51. The highest BCUT2D eigenvalue weighted by atomic mass is 16.5. The Bertz CT molecular complexity index is 1310. The monoisotopic (exact) mass is 379 g/mol. The largest absolute Gasteiger partial charge is 0.368 e. The van der Waals surface area contributed by atoms with E-state index in [4.69, 9.17) is 15.2 Å². The molecule has 0 radical (unpaired) electrons. The van der Waals surface area contributed by atoms with Gasteiger partial charge in [0.15, 0.2) is 0 Å². The Morgan fingerprint density at radius 2 is 1.38 bits per heavy atom. The lowest BCUT2D eigenvalue weighted by atomic mass is 10.0. The maximum atomic E-state index is 5.94. The van der Waals surface area contributed by atoms with Crippen molar-refractivity contribution in [3.05, 3.63) is 78.6 Å². The third-order valence-corrected chi connectivity index (χ3v) is 4.77. The second-order valence-electron chi connectivity index (χ2n) is 6.69. The number of anilines is 1. The fourth-order valence-corrected chi connectivity index (χ4v) is 3.44. The van der Waals surface area contributed by atoms with E-state index in [-0.39, 0.29) is 5.95 Å². The molecule has 3 heterocycles. The van der Waals surface area contributed by atoms with Crippen LogP contribution in [0.5, 0.6) is 0 Å². The SMILES string of the molecule is Cc1onc(-c2ccccc2)c1-c1ccc2nc(N)nc(-c3ccccc3)c2n1. The average molecular weight is 379 g/mol. The minimum Gasteiger partial charge on any atom is -0.368 e. The summed E-state index contributed by atoms with van der Waals surface area (Å²) in [6, 6.07) is 23.6. The van der Waals surface area contributed by atoms with E-state index in [1.807, 2.05) is 79.7 Å². The molecule has 2 N–H and O–H groups in total. The number of pyridine rings is 1. The van der Waals surface area contributed by atoms with Gasteiger partial charge in [-0.15, -0.1) is 0 Å². The van der Waals surface area contributed by atoms with Gasteiger partial charge in [-0.05, 0) is 19.1 Å². The second-order valence-corrected chi connectivity index (χ2v) is 6.69. The molecule has 0 aliphatic rings. The van der Waals surface area contributed by atoms with Crippen molar-refractivity contribution in [3.63, 3.8) is 0 Å². The van der Waals surface area contributed by atoms with Crippen LogP contribution in [0.25, 0.3) is 44.8 Å². The van der Waals surface area contributed by atoms with Crippen molar-refractivity contribution in [2.24, 2.45) is 0 Å². The number of hydrogen-bond donors (Lipinski definition) is 1. The number of aromatic nitrogens is 4. The van der Waals surface area contributed by atoms with Crippen molar-refractivity contribution < 1.29 is 4.52 Å². The lowest BCUT2D eigenvalue weighted by Gasteiger charge is -2.09. The average Bonchev–Trinajstić information content (AvgIpc) is 3.15. The van der Waals surface area contributed by atoms with E-state index in [9.17, 15) is 0 Å². The van der Waals surface area contributed by atoms with Crippen LogP contribution in [0.2, 0.25) is 0 Å². The minimum absolute atomic E-state index is 0.219. The van der Waals surface area contributed by atoms with Crippen molar-refractivity contribution in [2.75, 3.05) is 5.73 Å². The van der Waals surface area contributed by atoms with Gasteiger partial charge in [0.25, 0.3) is 0 Å². The van der Waals surface area contributed by atoms with Gasteiger partial charge in [0.1, 0.15) is 22.7 Å². The number of nitrogen functional groups attached to an aromatic ring is 1. The topological polar surface area (TPSA) is 90.7 Å². The first kappa shape index (κ1) is 17.1. The van der Waals surface area contributed by atoms with E-state index in [0.29, 0.717) is 22.5 Å². The van der Waals surface area contributed by atoms with Gasteiger partial charge >= 0.3 is 0 Å². The Morgan fingerprint density at radius 1 is 0.724 bits per heavy atom. The zero-order chi connectivity index (χ0) is 19.8. The standard InChI is InChI=1S/C23H17N5O/c1-14-19(20(28-29-14)15-8-4-2-5-9-15)17-12-13-18-22(25-17)21(27-23(24)26-18)16-10-6-3-7-11-16/h2-13H,1H3,(H2,24,26,27). The summed E-state index contributed by atoms with van der Waals surface area (Å²) in [5.74, 6) is 0.922. The maximum absolute atomic E-state index is 5.94. The maximum Gasteiger partial charge on any atom is 0.221 e. The fraction of sp³-hybridized carbons (Fsp3) is 0.0435. The van der Waals surface area contributed by atoms with Gasteiger partial charge in [0, 0.05) is 11.1 Å². The van der Waals surface area contributed by atoms with Crippen LogP contribution in [0.1, 0.15) is 5.76 Å². The van der Waals surface area contributed by atoms with Crippen molar-refractivity contribution in [3.8, 4) is 33.8 Å². The third kappa shape index (κ3) is 3.00. The van der Waals surface area contributed by atoms with Crippen LogP contribution in [0.4, 0.5) is 5.95 Å². The molecule has 0 unspecified atom stereocenters. The number of nitrogens with zero attached hydrogens (tertiary/aromatic N) is 4. The zero-order valence-corrected chi connectivity index (χ0v) is 15.7. The molecule has 2 aromatic carbocycles. The third-order valence-electron chi connectivity index (χ3n) is 4.77. The van der Waals surface area contributed by atoms with E-state index in [1.165, 1.54) is 0 Å². The highest BCUT2D eigenvalue weighted by Gasteiger charge is 2.19. The van der Waals surface area contributed by atoms with E-state index in [1.54, 1.807) is 0 Å². The lowest BCUT2D eigenvalue weighted by Crippen LogP contribution is -2.00. The van der Waals surface area contributed by atoms with Crippen LogP contribution in [0, 0.1) is 6.92 Å². The number of nitrogens with two attached hydrogens (primary N) is 1. The molecule has 0 bridgehead atoms. The minimum atomic E-state index is 0.219. The Labute approximate surface area is 167 Å². The summed E-state index contributed by atoms with van der Waals surface area (Å²) in [6.45, 7) is 1.89. The molecule has 0 aliphatic carbocycles.